The Morgan fingerprint density at radius 1 is 1.23 bits per heavy atom. The Bertz CT molecular complexity index is 911. The lowest BCUT2D eigenvalue weighted by molar-refractivity contribution is -0.124. The van der Waals surface area contributed by atoms with E-state index >= 15 is 0 Å². The third-order valence-electron chi connectivity index (χ3n) is 3.55. The van der Waals surface area contributed by atoms with Crippen molar-refractivity contribution >= 4 is 40.7 Å². The Kier molecular flexibility index (Phi) is 5.33. The predicted octanol–water partition coefficient (Wildman–Crippen LogP) is 2.99. The molecule has 0 bridgehead atoms. The van der Waals surface area contributed by atoms with Crippen LogP contribution in [0.15, 0.2) is 58.6 Å². The van der Waals surface area contributed by atoms with Gasteiger partial charge in [0.15, 0.2) is 5.17 Å². The van der Waals surface area contributed by atoms with Gasteiger partial charge in [-0.15, -0.1) is 0 Å². The fourth-order valence-corrected chi connectivity index (χ4v) is 3.11. The monoisotopic (exact) mass is 369 g/mol. The normalized spacial score (nSPS) is 15.8. The van der Waals surface area contributed by atoms with Crippen LogP contribution >= 0.6 is 11.8 Å². The third-order valence-corrected chi connectivity index (χ3v) is 4.46. The number of para-hydroxylation sites is 2. The molecule has 2 aromatic carbocycles. The van der Waals surface area contributed by atoms with Crippen LogP contribution in [0.5, 0.6) is 5.75 Å². The lowest BCUT2D eigenvalue weighted by Gasteiger charge is -2.10. The van der Waals surface area contributed by atoms with Gasteiger partial charge in [-0.1, -0.05) is 42.1 Å². The molecule has 3 rings (SSSR count). The van der Waals surface area contributed by atoms with Gasteiger partial charge in [0, 0.05) is 5.56 Å². The zero-order valence-electron chi connectivity index (χ0n) is 13.8. The number of nitrogens with zero attached hydrogens (tertiary/aromatic N) is 3. The third kappa shape index (κ3) is 3.75. The molecule has 0 aromatic heterocycles. The van der Waals surface area contributed by atoms with E-state index in [1.165, 1.54) is 29.1 Å². The maximum atomic E-state index is 12.1. The Balaban J connectivity index is 1.92. The zero-order chi connectivity index (χ0) is 18.5. The topological polar surface area (TPSA) is 91.6 Å². The molecule has 0 saturated carbocycles. The number of methoxy groups -OCH3 is 1. The van der Waals surface area contributed by atoms with E-state index in [1.807, 2.05) is 12.1 Å². The van der Waals surface area contributed by atoms with Gasteiger partial charge in [-0.3, -0.25) is 4.79 Å². The van der Waals surface area contributed by atoms with Gasteiger partial charge in [0.05, 0.1) is 24.6 Å². The summed E-state index contributed by atoms with van der Waals surface area (Å²) in [5, 5.41) is 15.0. The number of benzene rings is 2. The molecule has 0 aliphatic carbocycles. The van der Waals surface area contributed by atoms with Crippen molar-refractivity contribution in [1.82, 2.24) is 5.01 Å². The van der Waals surface area contributed by atoms with Crippen molar-refractivity contribution in [1.29, 1.82) is 0 Å². The molecule has 7 nitrogen and oxygen atoms in total. The quantitative estimate of drug-likeness (QED) is 0.818. The molecule has 1 N–H and O–H groups in total. The minimum absolute atomic E-state index is 0.110. The summed E-state index contributed by atoms with van der Waals surface area (Å²) in [7, 11) is 1.55. The Morgan fingerprint density at radius 2 is 1.96 bits per heavy atom. The molecule has 0 atom stereocenters. The van der Waals surface area contributed by atoms with Crippen molar-refractivity contribution in [3.8, 4) is 5.75 Å². The van der Waals surface area contributed by atoms with Crippen LogP contribution in [-0.2, 0) is 4.79 Å². The molecular weight excluding hydrogens is 354 g/mol. The first-order chi connectivity index (χ1) is 12.6. The van der Waals surface area contributed by atoms with E-state index in [0.717, 1.165) is 0 Å². The zero-order valence-corrected chi connectivity index (χ0v) is 14.6. The van der Waals surface area contributed by atoms with Crippen LogP contribution in [0.25, 0.3) is 0 Å². The lowest BCUT2D eigenvalue weighted by Crippen LogP contribution is -2.24. The second kappa shape index (κ2) is 7.83. The standard InChI is InChI=1S/C18H15N3O4S/c1-25-15-9-5-4-8-14(15)20-18-21(16(22)11-26-18)19-10-12-6-2-3-7-13(12)17(23)24/h2-10H,11H2,1H3,(H,23,24). The summed E-state index contributed by atoms with van der Waals surface area (Å²) in [5.74, 6) is -0.490. The average molecular weight is 369 g/mol. The molecule has 8 heteroatoms. The molecule has 132 valence electrons. The van der Waals surface area contributed by atoms with Crippen molar-refractivity contribution in [2.75, 3.05) is 12.9 Å². The highest BCUT2D eigenvalue weighted by Gasteiger charge is 2.28. The molecule has 1 aliphatic rings. The van der Waals surface area contributed by atoms with Gasteiger partial charge < -0.3 is 9.84 Å². The number of amides is 1. The summed E-state index contributed by atoms with van der Waals surface area (Å²) in [6.07, 6.45) is 1.35. The average Bonchev–Trinajstić information content (AvgIpc) is 3.00. The van der Waals surface area contributed by atoms with Gasteiger partial charge in [-0.2, -0.15) is 10.1 Å². The van der Waals surface area contributed by atoms with Crippen LogP contribution in [0.4, 0.5) is 5.69 Å². The number of carbonyl (C=O) groups is 2. The maximum Gasteiger partial charge on any atom is 0.336 e. The van der Waals surface area contributed by atoms with Crippen LogP contribution in [0.1, 0.15) is 15.9 Å². The van der Waals surface area contributed by atoms with Gasteiger partial charge in [-0.05, 0) is 18.2 Å². The van der Waals surface area contributed by atoms with Gasteiger partial charge in [0.25, 0.3) is 5.91 Å². The number of amidine groups is 1. The highest BCUT2D eigenvalue weighted by molar-refractivity contribution is 8.15. The minimum atomic E-state index is -1.06. The largest absolute Gasteiger partial charge is 0.494 e. The van der Waals surface area contributed by atoms with Gasteiger partial charge >= 0.3 is 5.97 Å². The van der Waals surface area contributed by atoms with Crippen LogP contribution in [-0.4, -0.2) is 46.2 Å². The molecule has 1 fully saturated rings. The van der Waals surface area contributed by atoms with E-state index in [0.29, 0.717) is 22.2 Å². The number of carboxylic acids is 1. The van der Waals surface area contributed by atoms with Crippen LogP contribution in [0, 0.1) is 0 Å². The fourth-order valence-electron chi connectivity index (χ4n) is 2.30. The number of thioether (sulfide) groups is 1. The number of hydrogen-bond donors (Lipinski definition) is 1. The first-order valence-electron chi connectivity index (χ1n) is 7.64. The molecule has 0 spiro atoms. The second-order valence-electron chi connectivity index (χ2n) is 5.20. The van der Waals surface area contributed by atoms with Gasteiger partial charge in [0.1, 0.15) is 11.4 Å². The van der Waals surface area contributed by atoms with Gasteiger partial charge in [-0.25, -0.2) is 9.79 Å². The summed E-state index contributed by atoms with van der Waals surface area (Å²) < 4.78 is 5.27. The number of carbonyl (C=O) groups excluding carboxylic acids is 1. The minimum Gasteiger partial charge on any atom is -0.494 e. The maximum absolute atomic E-state index is 12.1. The number of rotatable bonds is 5. The molecule has 0 unspecified atom stereocenters. The van der Waals surface area contributed by atoms with E-state index in [9.17, 15) is 14.7 Å². The summed E-state index contributed by atoms with van der Waals surface area (Å²) in [6, 6.07) is 13.6. The van der Waals surface area contributed by atoms with E-state index in [2.05, 4.69) is 10.1 Å². The molecule has 26 heavy (non-hydrogen) atoms. The Hall–Kier alpha value is -3.13. The Labute approximate surface area is 154 Å². The van der Waals surface area contributed by atoms with Crippen molar-refractivity contribution < 1.29 is 19.4 Å². The van der Waals surface area contributed by atoms with E-state index in [1.54, 1.807) is 37.4 Å². The molecule has 1 aliphatic heterocycles. The summed E-state index contributed by atoms with van der Waals surface area (Å²) >= 11 is 1.26. The summed E-state index contributed by atoms with van der Waals surface area (Å²) in [5.41, 5.74) is 1.10. The number of ether oxygens (including phenoxy) is 1. The molecule has 1 saturated heterocycles. The predicted molar refractivity (Wildman–Crippen MR) is 100 cm³/mol. The molecule has 1 heterocycles. The van der Waals surface area contributed by atoms with Crippen molar-refractivity contribution in [2.24, 2.45) is 10.1 Å². The molecular formula is C18H15N3O4S. The SMILES string of the molecule is COc1ccccc1N=C1SCC(=O)N1N=Cc1ccccc1C(=O)O. The highest BCUT2D eigenvalue weighted by atomic mass is 32.2. The first kappa shape index (κ1) is 17.7. The highest BCUT2D eigenvalue weighted by Crippen LogP contribution is 2.30. The van der Waals surface area contributed by atoms with Crippen LogP contribution in [0.3, 0.4) is 0 Å². The number of hydrazone groups is 1. The Morgan fingerprint density at radius 3 is 2.73 bits per heavy atom. The number of hydrogen-bond acceptors (Lipinski definition) is 6. The van der Waals surface area contributed by atoms with Crippen molar-refractivity contribution in [2.45, 2.75) is 0 Å². The fraction of sp³-hybridized carbons (Fsp3) is 0.111. The second-order valence-corrected chi connectivity index (χ2v) is 6.14. The smallest absolute Gasteiger partial charge is 0.336 e. The number of aliphatic imine (C=N–C) groups is 1. The van der Waals surface area contributed by atoms with Crippen molar-refractivity contribution in [3.05, 3.63) is 59.7 Å². The number of carboxylic acid groups (broad SMARTS) is 1. The first-order valence-corrected chi connectivity index (χ1v) is 8.62. The lowest BCUT2D eigenvalue weighted by atomic mass is 10.1. The van der Waals surface area contributed by atoms with Crippen LogP contribution < -0.4 is 4.74 Å². The van der Waals surface area contributed by atoms with E-state index in [-0.39, 0.29) is 17.2 Å². The van der Waals surface area contributed by atoms with Gasteiger partial charge in [0.2, 0.25) is 0 Å². The van der Waals surface area contributed by atoms with Crippen molar-refractivity contribution in [3.63, 3.8) is 0 Å². The summed E-state index contributed by atoms with van der Waals surface area (Å²) in [4.78, 5) is 27.9. The van der Waals surface area contributed by atoms with Crippen LogP contribution in [0.2, 0.25) is 0 Å². The van der Waals surface area contributed by atoms with E-state index < -0.39 is 5.97 Å². The number of aromatic carboxylic acids is 1. The molecule has 0 radical (unpaired) electrons. The molecule has 2 aromatic rings. The molecule has 1 amide bonds. The van der Waals surface area contributed by atoms with E-state index in [4.69, 9.17) is 4.74 Å². The summed E-state index contributed by atoms with van der Waals surface area (Å²) in [6.45, 7) is 0.